The topological polar surface area (TPSA) is 98.3 Å². The van der Waals surface area contributed by atoms with Gasteiger partial charge in [0.05, 0.1) is 17.4 Å². The van der Waals surface area contributed by atoms with Gasteiger partial charge in [-0.3, -0.25) is 19.6 Å². The van der Waals surface area contributed by atoms with E-state index in [2.05, 4.69) is 5.10 Å². The fourth-order valence-corrected chi connectivity index (χ4v) is 1.99. The number of hydrogen-bond acceptors (Lipinski definition) is 4. The quantitative estimate of drug-likeness (QED) is 0.618. The Balaban J connectivity index is 3.27. The smallest absolute Gasteiger partial charge is 0.313 e. The Kier molecular flexibility index (Phi) is 4.41. The standard InChI is InChI=1S/C11H17N3O4/c1-4-8-11(14(17)18)9(5-2)13(12-8)7(3)6-10(15)16/h7H,4-6H2,1-3H3,(H,15,16). The molecule has 1 heterocycles. The van der Waals surface area contributed by atoms with Crippen LogP contribution < -0.4 is 0 Å². The van der Waals surface area contributed by atoms with Gasteiger partial charge < -0.3 is 5.11 Å². The van der Waals surface area contributed by atoms with E-state index in [9.17, 15) is 14.9 Å². The van der Waals surface area contributed by atoms with E-state index >= 15 is 0 Å². The van der Waals surface area contributed by atoms with Gasteiger partial charge in [0.15, 0.2) is 0 Å². The third-order valence-corrected chi connectivity index (χ3v) is 2.79. The summed E-state index contributed by atoms with van der Waals surface area (Å²) in [4.78, 5) is 21.3. The van der Waals surface area contributed by atoms with E-state index in [1.165, 1.54) is 4.68 Å². The molecule has 1 atom stereocenters. The van der Waals surface area contributed by atoms with E-state index < -0.39 is 16.9 Å². The molecule has 1 unspecified atom stereocenters. The first-order chi connectivity index (χ1) is 8.42. The first-order valence-corrected chi connectivity index (χ1v) is 5.88. The van der Waals surface area contributed by atoms with E-state index in [1.807, 2.05) is 0 Å². The molecule has 0 radical (unpaired) electrons. The highest BCUT2D eigenvalue weighted by Crippen LogP contribution is 2.28. The lowest BCUT2D eigenvalue weighted by Crippen LogP contribution is -2.14. The highest BCUT2D eigenvalue weighted by molar-refractivity contribution is 5.67. The summed E-state index contributed by atoms with van der Waals surface area (Å²) in [7, 11) is 0. The molecule has 1 rings (SSSR count). The Hall–Kier alpha value is -1.92. The van der Waals surface area contributed by atoms with Crippen molar-refractivity contribution in [3.63, 3.8) is 0 Å². The van der Waals surface area contributed by atoms with Crippen molar-refractivity contribution in [1.82, 2.24) is 9.78 Å². The molecule has 0 spiro atoms. The number of hydrogen-bond donors (Lipinski definition) is 1. The molecular weight excluding hydrogens is 238 g/mol. The largest absolute Gasteiger partial charge is 0.481 e. The number of aryl methyl sites for hydroxylation is 1. The number of rotatable bonds is 6. The Morgan fingerprint density at radius 3 is 2.50 bits per heavy atom. The number of nitrogens with zero attached hydrogens (tertiary/aromatic N) is 3. The van der Waals surface area contributed by atoms with Gasteiger partial charge in [-0.2, -0.15) is 5.10 Å². The van der Waals surface area contributed by atoms with Gasteiger partial charge in [0.1, 0.15) is 11.4 Å². The number of carbonyl (C=O) groups is 1. The molecule has 100 valence electrons. The second-order valence-corrected chi connectivity index (χ2v) is 4.10. The summed E-state index contributed by atoms with van der Waals surface area (Å²) >= 11 is 0. The molecular formula is C11H17N3O4. The summed E-state index contributed by atoms with van der Waals surface area (Å²) < 4.78 is 1.48. The first kappa shape index (κ1) is 14.1. The molecule has 0 aliphatic carbocycles. The highest BCUT2D eigenvalue weighted by atomic mass is 16.6. The molecule has 1 N–H and O–H groups in total. The third kappa shape index (κ3) is 2.66. The Labute approximate surface area is 105 Å². The lowest BCUT2D eigenvalue weighted by molar-refractivity contribution is -0.386. The van der Waals surface area contributed by atoms with E-state index in [0.717, 1.165) is 0 Å². The zero-order valence-corrected chi connectivity index (χ0v) is 10.7. The molecule has 0 fully saturated rings. The van der Waals surface area contributed by atoms with Gasteiger partial charge in [0, 0.05) is 0 Å². The molecule has 0 saturated carbocycles. The van der Waals surface area contributed by atoms with Gasteiger partial charge in [-0.15, -0.1) is 0 Å². The number of nitro groups is 1. The van der Waals surface area contributed by atoms with Crippen molar-refractivity contribution in [2.45, 2.75) is 46.1 Å². The van der Waals surface area contributed by atoms with Crippen LogP contribution in [0, 0.1) is 10.1 Å². The summed E-state index contributed by atoms with van der Waals surface area (Å²) in [6.07, 6.45) is 0.804. The number of aliphatic carboxylic acids is 1. The van der Waals surface area contributed by atoms with Crippen molar-refractivity contribution in [2.75, 3.05) is 0 Å². The molecule has 0 amide bonds. The van der Waals surface area contributed by atoms with Crippen molar-refractivity contribution < 1.29 is 14.8 Å². The SMILES string of the molecule is CCc1nn(C(C)CC(=O)O)c(CC)c1[N+](=O)[O-]. The molecule has 1 aromatic rings. The van der Waals surface area contributed by atoms with Crippen molar-refractivity contribution in [2.24, 2.45) is 0 Å². The van der Waals surface area contributed by atoms with Crippen LogP contribution in [0.5, 0.6) is 0 Å². The minimum Gasteiger partial charge on any atom is -0.481 e. The third-order valence-electron chi connectivity index (χ3n) is 2.79. The molecule has 0 aliphatic rings. The molecule has 0 aromatic carbocycles. The summed E-state index contributed by atoms with van der Waals surface area (Å²) in [5, 5.41) is 24.0. The van der Waals surface area contributed by atoms with Gasteiger partial charge >= 0.3 is 11.7 Å². The number of aromatic nitrogens is 2. The van der Waals surface area contributed by atoms with Crippen LogP contribution in [0.2, 0.25) is 0 Å². The predicted octanol–water partition coefficient (Wildman–Crippen LogP) is 1.95. The monoisotopic (exact) mass is 255 g/mol. The fraction of sp³-hybridized carbons (Fsp3) is 0.636. The predicted molar refractivity (Wildman–Crippen MR) is 64.6 cm³/mol. The highest BCUT2D eigenvalue weighted by Gasteiger charge is 2.27. The van der Waals surface area contributed by atoms with Crippen molar-refractivity contribution >= 4 is 11.7 Å². The molecule has 0 bridgehead atoms. The van der Waals surface area contributed by atoms with Crippen molar-refractivity contribution in [3.8, 4) is 0 Å². The minimum absolute atomic E-state index is 0.0252. The zero-order chi connectivity index (χ0) is 13.9. The molecule has 7 heteroatoms. The molecule has 7 nitrogen and oxygen atoms in total. The summed E-state index contributed by atoms with van der Waals surface area (Å²) in [6.45, 7) is 5.29. The van der Waals surface area contributed by atoms with Crippen LogP contribution in [0.25, 0.3) is 0 Å². The first-order valence-electron chi connectivity index (χ1n) is 5.88. The lowest BCUT2D eigenvalue weighted by Gasteiger charge is -2.11. The number of carboxylic acid groups (broad SMARTS) is 1. The molecule has 18 heavy (non-hydrogen) atoms. The van der Waals surface area contributed by atoms with E-state index in [-0.39, 0.29) is 12.1 Å². The Morgan fingerprint density at radius 1 is 1.50 bits per heavy atom. The molecule has 0 saturated heterocycles. The van der Waals surface area contributed by atoms with Gasteiger partial charge in [-0.25, -0.2) is 0 Å². The molecule has 0 aliphatic heterocycles. The fourth-order valence-electron chi connectivity index (χ4n) is 1.99. The van der Waals surface area contributed by atoms with Crippen molar-refractivity contribution in [3.05, 3.63) is 21.5 Å². The van der Waals surface area contributed by atoms with Crippen LogP contribution in [-0.4, -0.2) is 25.8 Å². The number of carboxylic acids is 1. The van der Waals surface area contributed by atoms with Crippen LogP contribution in [0.3, 0.4) is 0 Å². The average Bonchev–Trinajstić information content (AvgIpc) is 2.66. The van der Waals surface area contributed by atoms with Crippen LogP contribution in [0.1, 0.15) is 44.6 Å². The van der Waals surface area contributed by atoms with Gasteiger partial charge in [0.2, 0.25) is 0 Å². The zero-order valence-electron chi connectivity index (χ0n) is 10.7. The second kappa shape index (κ2) is 5.61. The van der Waals surface area contributed by atoms with Crippen LogP contribution >= 0.6 is 0 Å². The second-order valence-electron chi connectivity index (χ2n) is 4.10. The van der Waals surface area contributed by atoms with Gasteiger partial charge in [-0.1, -0.05) is 13.8 Å². The van der Waals surface area contributed by atoms with Gasteiger partial charge in [0.25, 0.3) is 0 Å². The van der Waals surface area contributed by atoms with Gasteiger partial charge in [-0.05, 0) is 19.8 Å². The maximum Gasteiger partial charge on any atom is 0.313 e. The maximum absolute atomic E-state index is 11.1. The van der Waals surface area contributed by atoms with E-state index in [1.54, 1.807) is 20.8 Å². The summed E-state index contributed by atoms with van der Waals surface area (Å²) in [5.41, 5.74) is 0.928. The van der Waals surface area contributed by atoms with Crippen LogP contribution in [0.4, 0.5) is 5.69 Å². The molecule has 1 aromatic heterocycles. The summed E-state index contributed by atoms with van der Waals surface area (Å²) in [6, 6.07) is -0.392. The van der Waals surface area contributed by atoms with Crippen molar-refractivity contribution in [1.29, 1.82) is 0 Å². The minimum atomic E-state index is -0.944. The van der Waals surface area contributed by atoms with Crippen LogP contribution in [0.15, 0.2) is 0 Å². The van der Waals surface area contributed by atoms with E-state index in [0.29, 0.717) is 24.2 Å². The van der Waals surface area contributed by atoms with Crippen LogP contribution in [-0.2, 0) is 17.6 Å². The Morgan fingerprint density at radius 2 is 2.11 bits per heavy atom. The average molecular weight is 255 g/mol. The summed E-state index contributed by atoms with van der Waals surface area (Å²) in [5.74, 6) is -0.944. The normalized spacial score (nSPS) is 12.4. The van der Waals surface area contributed by atoms with E-state index in [4.69, 9.17) is 5.11 Å². The Bertz CT molecular complexity index is 467. The maximum atomic E-state index is 11.1. The lowest BCUT2D eigenvalue weighted by atomic mass is 10.2.